The second kappa shape index (κ2) is 7.43. The van der Waals surface area contributed by atoms with Crippen molar-refractivity contribution in [3.63, 3.8) is 0 Å². The van der Waals surface area contributed by atoms with E-state index in [0.29, 0.717) is 11.4 Å². The van der Waals surface area contributed by atoms with Gasteiger partial charge in [0.05, 0.1) is 0 Å². The van der Waals surface area contributed by atoms with Gasteiger partial charge in [-0.15, -0.1) is 6.58 Å². The molecule has 25 heavy (non-hydrogen) atoms. The van der Waals surface area contributed by atoms with Crippen molar-refractivity contribution >= 4 is 35.1 Å². The smallest absolute Gasteiger partial charge is 0.331 e. The van der Waals surface area contributed by atoms with Gasteiger partial charge in [-0.2, -0.15) is 0 Å². The molecule has 0 radical (unpaired) electrons. The third-order valence-corrected chi connectivity index (χ3v) is 3.42. The average molecular weight is 342 g/mol. The van der Waals surface area contributed by atoms with E-state index >= 15 is 0 Å². The van der Waals surface area contributed by atoms with Crippen LogP contribution in [0.5, 0.6) is 0 Å². The minimum Gasteiger partial charge on any atom is -0.358 e. The van der Waals surface area contributed by atoms with Crippen LogP contribution in [0.15, 0.2) is 49.2 Å². The number of hydrogen-bond acceptors (Lipinski definition) is 5. The lowest BCUT2D eigenvalue weighted by Gasteiger charge is -2.30. The molecule has 0 aromatic heterocycles. The van der Waals surface area contributed by atoms with Gasteiger partial charge in [0.15, 0.2) is 5.92 Å². The lowest BCUT2D eigenvalue weighted by Crippen LogP contribution is -2.58. The van der Waals surface area contributed by atoms with Crippen molar-refractivity contribution in [1.82, 2.24) is 10.2 Å². The first-order valence-corrected chi connectivity index (χ1v) is 7.44. The molecule has 1 atom stereocenters. The van der Waals surface area contributed by atoms with Crippen LogP contribution in [0.4, 0.5) is 16.2 Å². The van der Waals surface area contributed by atoms with Crippen LogP contribution < -0.4 is 16.0 Å². The van der Waals surface area contributed by atoms with Crippen LogP contribution in [0.3, 0.4) is 0 Å². The third-order valence-electron chi connectivity index (χ3n) is 3.42. The zero-order valence-electron chi connectivity index (χ0n) is 13.7. The number of imide groups is 2. The van der Waals surface area contributed by atoms with E-state index in [4.69, 9.17) is 0 Å². The second-order valence-electron chi connectivity index (χ2n) is 5.37. The number of benzene rings is 1. The highest BCUT2D eigenvalue weighted by Gasteiger charge is 2.41. The number of amides is 5. The number of carbonyl (C=O) groups is 4. The summed E-state index contributed by atoms with van der Waals surface area (Å²) in [6, 6.07) is 5.86. The molecule has 1 aromatic rings. The third kappa shape index (κ3) is 4.11. The molecule has 1 aliphatic rings. The van der Waals surface area contributed by atoms with Crippen molar-refractivity contribution in [2.75, 3.05) is 17.2 Å². The Bertz CT molecular complexity index is 754. The molecule has 8 heteroatoms. The van der Waals surface area contributed by atoms with Crippen LogP contribution in [0, 0.1) is 5.92 Å². The maximum atomic E-state index is 12.4. The van der Waals surface area contributed by atoms with E-state index in [0.717, 1.165) is 4.90 Å². The van der Waals surface area contributed by atoms with Gasteiger partial charge in [0.25, 0.3) is 0 Å². The van der Waals surface area contributed by atoms with E-state index < -0.39 is 23.8 Å². The molecule has 1 heterocycles. The Kier molecular flexibility index (Phi) is 5.33. The molecule has 0 spiro atoms. The van der Waals surface area contributed by atoms with E-state index in [1.807, 2.05) is 0 Å². The summed E-state index contributed by atoms with van der Waals surface area (Å²) in [6.45, 7) is 8.61. The van der Waals surface area contributed by atoms with Crippen molar-refractivity contribution < 1.29 is 19.2 Å². The number of anilines is 2. The summed E-state index contributed by atoms with van der Waals surface area (Å²) in [6.07, 6.45) is 1.39. The number of carbonyl (C=O) groups excluding carboxylic acids is 4. The Hall–Kier alpha value is -3.42. The molecule has 5 amide bonds. The van der Waals surface area contributed by atoms with Gasteiger partial charge < -0.3 is 10.6 Å². The first-order valence-electron chi connectivity index (χ1n) is 7.44. The van der Waals surface area contributed by atoms with Gasteiger partial charge in [-0.25, -0.2) is 4.79 Å². The first kappa shape index (κ1) is 17.9. The summed E-state index contributed by atoms with van der Waals surface area (Å²) in [5.41, 5.74) is 1.32. The molecule has 0 saturated carbocycles. The van der Waals surface area contributed by atoms with Crippen LogP contribution in [0.25, 0.3) is 0 Å². The Labute approximate surface area is 144 Å². The molecular formula is C17H18N4O4. The lowest BCUT2D eigenvalue weighted by atomic mass is 10.0. The summed E-state index contributed by atoms with van der Waals surface area (Å²) in [5.74, 6) is -2.82. The van der Waals surface area contributed by atoms with Gasteiger partial charge in [0, 0.05) is 30.5 Å². The largest absolute Gasteiger partial charge is 0.358 e. The number of rotatable bonds is 6. The minimum atomic E-state index is -1.23. The fourth-order valence-electron chi connectivity index (χ4n) is 2.32. The number of nitrogens with one attached hydrogen (secondary N) is 3. The average Bonchev–Trinajstić information content (AvgIpc) is 2.52. The van der Waals surface area contributed by atoms with Gasteiger partial charge >= 0.3 is 6.03 Å². The Morgan fingerprint density at radius 1 is 1.20 bits per heavy atom. The zero-order valence-corrected chi connectivity index (χ0v) is 13.7. The highest BCUT2D eigenvalue weighted by atomic mass is 16.2. The number of hydrogen-bond donors (Lipinski definition) is 3. The van der Waals surface area contributed by atoms with Gasteiger partial charge in [0.1, 0.15) is 0 Å². The minimum absolute atomic E-state index is 0.00681. The quantitative estimate of drug-likeness (QED) is 0.536. The zero-order chi connectivity index (χ0) is 18.6. The SMILES string of the molecule is C=CCN1C(=O)NC(=O)C(C(=C)Nc2ccc(NC(C)=O)cc2)C1=O. The highest BCUT2D eigenvalue weighted by Crippen LogP contribution is 2.21. The first-order chi connectivity index (χ1) is 11.8. The van der Waals surface area contributed by atoms with Crippen molar-refractivity contribution in [3.8, 4) is 0 Å². The molecule has 1 aromatic carbocycles. The monoisotopic (exact) mass is 342 g/mol. The Morgan fingerprint density at radius 3 is 2.28 bits per heavy atom. The van der Waals surface area contributed by atoms with Crippen molar-refractivity contribution in [2.24, 2.45) is 5.92 Å². The van der Waals surface area contributed by atoms with Gasteiger partial charge in [-0.1, -0.05) is 12.7 Å². The summed E-state index contributed by atoms with van der Waals surface area (Å²) >= 11 is 0. The second-order valence-corrected chi connectivity index (χ2v) is 5.37. The summed E-state index contributed by atoms with van der Waals surface area (Å²) in [4.78, 5) is 48.0. The Balaban J connectivity index is 2.12. The molecule has 1 fully saturated rings. The van der Waals surface area contributed by atoms with Crippen LogP contribution in [-0.2, 0) is 14.4 Å². The molecule has 1 aliphatic heterocycles. The van der Waals surface area contributed by atoms with Crippen molar-refractivity contribution in [2.45, 2.75) is 6.92 Å². The fraction of sp³-hybridized carbons (Fsp3) is 0.176. The van der Waals surface area contributed by atoms with E-state index in [9.17, 15) is 19.2 Å². The van der Waals surface area contributed by atoms with E-state index in [2.05, 4.69) is 29.1 Å². The molecule has 0 bridgehead atoms. The summed E-state index contributed by atoms with van der Waals surface area (Å²) in [7, 11) is 0. The maximum Gasteiger partial charge on any atom is 0.331 e. The van der Waals surface area contributed by atoms with Crippen molar-refractivity contribution in [3.05, 3.63) is 49.2 Å². The number of nitrogens with zero attached hydrogens (tertiary/aromatic N) is 1. The molecule has 0 aliphatic carbocycles. The molecular weight excluding hydrogens is 324 g/mol. The van der Waals surface area contributed by atoms with Crippen LogP contribution in [0.1, 0.15) is 6.92 Å². The number of barbiturate groups is 1. The molecule has 2 rings (SSSR count). The van der Waals surface area contributed by atoms with E-state index in [-0.39, 0.29) is 18.1 Å². The number of urea groups is 1. The van der Waals surface area contributed by atoms with Crippen molar-refractivity contribution in [1.29, 1.82) is 0 Å². The van der Waals surface area contributed by atoms with E-state index in [1.165, 1.54) is 13.0 Å². The van der Waals surface area contributed by atoms with Gasteiger partial charge in [0.2, 0.25) is 17.7 Å². The Morgan fingerprint density at radius 2 is 1.76 bits per heavy atom. The molecule has 1 unspecified atom stereocenters. The normalized spacial score (nSPS) is 16.9. The highest BCUT2D eigenvalue weighted by molar-refractivity contribution is 6.18. The predicted molar refractivity (Wildman–Crippen MR) is 92.4 cm³/mol. The van der Waals surface area contributed by atoms with Gasteiger partial charge in [-0.05, 0) is 24.3 Å². The van der Waals surface area contributed by atoms with Crippen LogP contribution >= 0.6 is 0 Å². The molecule has 130 valence electrons. The summed E-state index contributed by atoms with van der Waals surface area (Å²) < 4.78 is 0. The van der Waals surface area contributed by atoms with Crippen LogP contribution in [-0.4, -0.2) is 35.2 Å². The lowest BCUT2D eigenvalue weighted by molar-refractivity contribution is -0.140. The summed E-state index contributed by atoms with van der Waals surface area (Å²) in [5, 5.41) is 7.63. The van der Waals surface area contributed by atoms with E-state index in [1.54, 1.807) is 24.3 Å². The topological polar surface area (TPSA) is 108 Å². The predicted octanol–water partition coefficient (Wildman–Crippen LogP) is 1.45. The molecule has 8 nitrogen and oxygen atoms in total. The van der Waals surface area contributed by atoms with Crippen LogP contribution in [0.2, 0.25) is 0 Å². The molecule has 3 N–H and O–H groups in total. The fourth-order valence-corrected chi connectivity index (χ4v) is 2.32. The maximum absolute atomic E-state index is 12.4. The standard InChI is InChI=1S/C17H18N4O4/c1-4-9-21-16(24)14(15(23)20-17(21)25)10(2)18-12-5-7-13(8-6-12)19-11(3)22/h4-8,14,18H,1-2,9H2,3H3,(H,19,22)(H,20,23,25). The van der Waals surface area contributed by atoms with Gasteiger partial charge in [-0.3, -0.25) is 24.6 Å². The molecule has 1 saturated heterocycles.